The highest BCUT2D eigenvalue weighted by molar-refractivity contribution is 6.31. The fourth-order valence-electron chi connectivity index (χ4n) is 4.32. The van der Waals surface area contributed by atoms with E-state index in [0.717, 1.165) is 60.5 Å². The molecule has 2 aromatic carbocycles. The molecule has 0 saturated carbocycles. The molecule has 4 nitrogen and oxygen atoms in total. The van der Waals surface area contributed by atoms with Gasteiger partial charge in [0.25, 0.3) is 0 Å². The lowest BCUT2D eigenvalue weighted by molar-refractivity contribution is -0.0504. The van der Waals surface area contributed by atoms with E-state index < -0.39 is 6.61 Å². The van der Waals surface area contributed by atoms with Crippen molar-refractivity contribution in [2.45, 2.75) is 32.4 Å². The van der Waals surface area contributed by atoms with Gasteiger partial charge in [-0.2, -0.15) is 8.78 Å². The van der Waals surface area contributed by atoms with E-state index in [9.17, 15) is 8.78 Å². The van der Waals surface area contributed by atoms with Crippen LogP contribution in [0.4, 0.5) is 14.5 Å². The molecule has 27 heavy (non-hydrogen) atoms. The first-order chi connectivity index (χ1) is 13.1. The summed E-state index contributed by atoms with van der Waals surface area (Å²) in [5.41, 5.74) is 4.83. The Kier molecular flexibility index (Phi) is 3.97. The molecular formula is C20H18ClF2N3O. The number of halogens is 3. The summed E-state index contributed by atoms with van der Waals surface area (Å²) in [6, 6.07) is 9.21. The third-order valence-electron chi connectivity index (χ3n) is 5.44. The highest BCUT2D eigenvalue weighted by Crippen LogP contribution is 2.40. The van der Waals surface area contributed by atoms with Crippen LogP contribution in [0.1, 0.15) is 23.4 Å². The summed E-state index contributed by atoms with van der Waals surface area (Å²) in [6.45, 7) is -0.692. The van der Waals surface area contributed by atoms with Crippen LogP contribution in [-0.4, -0.2) is 29.3 Å². The SMILES string of the molecule is FC(F)Oc1ccc2c3c1Cn1c(nc4ccc(Cl)cc41)CCN3CCC2. The highest BCUT2D eigenvalue weighted by Gasteiger charge is 2.28. The number of nitrogens with zero attached hydrogens (tertiary/aromatic N) is 3. The fourth-order valence-corrected chi connectivity index (χ4v) is 4.49. The summed E-state index contributed by atoms with van der Waals surface area (Å²) in [6.07, 6.45) is 2.82. The quantitative estimate of drug-likeness (QED) is 0.639. The van der Waals surface area contributed by atoms with E-state index in [-0.39, 0.29) is 5.75 Å². The minimum absolute atomic E-state index is 0.243. The van der Waals surface area contributed by atoms with Gasteiger partial charge in [-0.25, -0.2) is 4.98 Å². The smallest absolute Gasteiger partial charge is 0.387 e. The van der Waals surface area contributed by atoms with Crippen molar-refractivity contribution in [3.8, 4) is 5.75 Å². The summed E-state index contributed by atoms with van der Waals surface area (Å²) in [7, 11) is 0. The zero-order chi connectivity index (χ0) is 18.5. The largest absolute Gasteiger partial charge is 0.434 e. The molecule has 0 unspecified atom stereocenters. The Morgan fingerprint density at radius 3 is 2.85 bits per heavy atom. The van der Waals surface area contributed by atoms with Crippen molar-refractivity contribution in [1.82, 2.24) is 9.55 Å². The number of hydrogen-bond donors (Lipinski definition) is 0. The number of aryl methyl sites for hydroxylation is 1. The lowest BCUT2D eigenvalue weighted by Gasteiger charge is -2.35. The molecule has 0 fully saturated rings. The Bertz CT molecular complexity index is 1030. The summed E-state index contributed by atoms with van der Waals surface area (Å²) < 4.78 is 33.0. The Morgan fingerprint density at radius 2 is 2.00 bits per heavy atom. The molecule has 0 atom stereocenters. The van der Waals surface area contributed by atoms with Gasteiger partial charge in [-0.15, -0.1) is 0 Å². The summed E-state index contributed by atoms with van der Waals surface area (Å²) >= 11 is 6.20. The van der Waals surface area contributed by atoms with Gasteiger partial charge >= 0.3 is 6.61 Å². The lowest BCUT2D eigenvalue weighted by Crippen LogP contribution is -2.34. The maximum Gasteiger partial charge on any atom is 0.387 e. The van der Waals surface area contributed by atoms with Crippen molar-refractivity contribution in [1.29, 1.82) is 0 Å². The van der Waals surface area contributed by atoms with Crippen molar-refractivity contribution >= 4 is 28.3 Å². The van der Waals surface area contributed by atoms with Crippen LogP contribution in [0.25, 0.3) is 11.0 Å². The first kappa shape index (κ1) is 16.8. The van der Waals surface area contributed by atoms with Crippen LogP contribution < -0.4 is 9.64 Å². The van der Waals surface area contributed by atoms with Crippen molar-refractivity contribution in [2.75, 3.05) is 18.0 Å². The molecule has 0 saturated heterocycles. The first-order valence-electron chi connectivity index (χ1n) is 9.09. The number of aromatic nitrogens is 2. The van der Waals surface area contributed by atoms with Crippen LogP contribution in [0.3, 0.4) is 0 Å². The van der Waals surface area contributed by atoms with Crippen LogP contribution in [0.15, 0.2) is 30.3 Å². The van der Waals surface area contributed by atoms with Gasteiger partial charge in [0.05, 0.1) is 17.6 Å². The lowest BCUT2D eigenvalue weighted by atomic mass is 9.95. The molecule has 0 spiro atoms. The van der Waals surface area contributed by atoms with Crippen molar-refractivity contribution in [2.24, 2.45) is 0 Å². The maximum absolute atomic E-state index is 13.0. The monoisotopic (exact) mass is 389 g/mol. The number of rotatable bonds is 2. The van der Waals surface area contributed by atoms with E-state index in [1.165, 1.54) is 5.56 Å². The molecule has 3 heterocycles. The van der Waals surface area contributed by atoms with Crippen molar-refractivity contribution < 1.29 is 13.5 Å². The van der Waals surface area contributed by atoms with Gasteiger partial charge in [-0.3, -0.25) is 0 Å². The van der Waals surface area contributed by atoms with E-state index in [1.54, 1.807) is 6.07 Å². The Balaban J connectivity index is 1.73. The first-order valence-corrected chi connectivity index (χ1v) is 9.47. The van der Waals surface area contributed by atoms with Gasteiger partial charge < -0.3 is 14.2 Å². The van der Waals surface area contributed by atoms with Gasteiger partial charge in [0.1, 0.15) is 11.6 Å². The van der Waals surface area contributed by atoms with E-state index in [4.69, 9.17) is 21.3 Å². The standard InChI is InChI=1S/C20H18ClF2N3O/c21-13-4-5-15-16(10-13)26-11-14-17(27-20(22)23)6-3-12-2-1-8-25(19(12)14)9-7-18(26)24-15/h3-6,10,20H,1-2,7-9,11H2. The minimum atomic E-state index is -2.85. The minimum Gasteiger partial charge on any atom is -0.434 e. The normalized spacial score (nSPS) is 16.1. The van der Waals surface area contributed by atoms with Gasteiger partial charge in [0, 0.05) is 35.8 Å². The van der Waals surface area contributed by atoms with Crippen LogP contribution in [0, 0.1) is 0 Å². The molecule has 0 amide bonds. The summed E-state index contributed by atoms with van der Waals surface area (Å²) in [4.78, 5) is 7.05. The van der Waals surface area contributed by atoms with E-state index in [0.29, 0.717) is 11.6 Å². The molecule has 0 radical (unpaired) electrons. The fraction of sp³-hybridized carbons (Fsp3) is 0.350. The molecule has 1 aromatic heterocycles. The molecule has 7 heteroatoms. The van der Waals surface area contributed by atoms with Gasteiger partial charge in [-0.05, 0) is 42.7 Å². The molecule has 0 bridgehead atoms. The van der Waals surface area contributed by atoms with Crippen LogP contribution in [0.5, 0.6) is 5.75 Å². The van der Waals surface area contributed by atoms with Crippen LogP contribution in [0.2, 0.25) is 5.02 Å². The second kappa shape index (κ2) is 6.37. The van der Waals surface area contributed by atoms with Gasteiger partial charge in [-0.1, -0.05) is 17.7 Å². The zero-order valence-corrected chi connectivity index (χ0v) is 15.3. The molecular weight excluding hydrogens is 372 g/mol. The summed E-state index contributed by atoms with van der Waals surface area (Å²) in [5, 5.41) is 0.632. The third kappa shape index (κ3) is 2.83. The predicted octanol–water partition coefficient (Wildman–Crippen LogP) is 4.65. The molecule has 0 N–H and O–H groups in total. The molecule has 0 aliphatic carbocycles. The van der Waals surface area contributed by atoms with Crippen molar-refractivity contribution in [3.05, 3.63) is 52.3 Å². The Hall–Kier alpha value is -2.34. The number of imidazole rings is 1. The van der Waals surface area contributed by atoms with Crippen molar-refractivity contribution in [3.63, 3.8) is 0 Å². The van der Waals surface area contributed by atoms with Gasteiger partial charge in [0.2, 0.25) is 0 Å². The maximum atomic E-state index is 13.0. The number of alkyl halides is 2. The summed E-state index contributed by atoms with van der Waals surface area (Å²) in [5.74, 6) is 1.18. The number of anilines is 1. The molecule has 140 valence electrons. The topological polar surface area (TPSA) is 30.3 Å². The second-order valence-corrected chi connectivity index (χ2v) is 7.45. The third-order valence-corrected chi connectivity index (χ3v) is 5.68. The number of hydrogen-bond acceptors (Lipinski definition) is 3. The molecule has 2 aliphatic heterocycles. The van der Waals surface area contributed by atoms with Gasteiger partial charge in [0.15, 0.2) is 0 Å². The Labute approximate surface area is 160 Å². The average molecular weight is 390 g/mol. The number of fused-ring (bicyclic) bond motifs is 3. The predicted molar refractivity (Wildman–Crippen MR) is 101 cm³/mol. The number of ether oxygens (including phenoxy) is 1. The molecule has 5 rings (SSSR count). The molecule has 2 aliphatic rings. The Morgan fingerprint density at radius 1 is 1.11 bits per heavy atom. The van der Waals surface area contributed by atoms with E-state index >= 15 is 0 Å². The zero-order valence-electron chi connectivity index (χ0n) is 14.6. The van der Waals surface area contributed by atoms with Crippen LogP contribution >= 0.6 is 11.6 Å². The second-order valence-electron chi connectivity index (χ2n) is 7.02. The highest BCUT2D eigenvalue weighted by atomic mass is 35.5. The average Bonchev–Trinajstić information content (AvgIpc) is 2.95. The van der Waals surface area contributed by atoms with E-state index in [2.05, 4.69) is 9.47 Å². The molecule has 3 aromatic rings. The van der Waals surface area contributed by atoms with Crippen LogP contribution in [-0.2, 0) is 19.4 Å². The van der Waals surface area contributed by atoms with E-state index in [1.807, 2.05) is 24.3 Å². The number of benzene rings is 2.